The molecule has 1 aliphatic rings. The maximum Gasteiger partial charge on any atom is -0.0149 e. The molecule has 0 aromatic heterocycles. The summed E-state index contributed by atoms with van der Waals surface area (Å²) in [6, 6.07) is 11.7. The molecule has 0 spiro atoms. The third-order valence-corrected chi connectivity index (χ3v) is 6.41. The third-order valence-electron chi connectivity index (χ3n) is 6.41. The Balaban J connectivity index is 1.78. The largest absolute Gasteiger partial charge is 0.0625 e. The highest BCUT2D eigenvalue weighted by Gasteiger charge is 2.18. The maximum atomic E-state index is 2.40. The van der Waals surface area contributed by atoms with E-state index in [0.717, 1.165) is 11.8 Å². The van der Waals surface area contributed by atoms with Crippen molar-refractivity contribution in [2.45, 2.75) is 66.7 Å². The Labute approximate surface area is 148 Å². The van der Waals surface area contributed by atoms with E-state index in [1.807, 2.05) is 0 Å². The molecular formula is C24H32. The molecule has 0 bridgehead atoms. The molecule has 3 rings (SSSR count). The van der Waals surface area contributed by atoms with Crippen molar-refractivity contribution < 1.29 is 0 Å². The van der Waals surface area contributed by atoms with Gasteiger partial charge in [-0.05, 0) is 97.7 Å². The summed E-state index contributed by atoms with van der Waals surface area (Å²) in [7, 11) is 0. The molecule has 0 radical (unpaired) electrons. The summed E-state index contributed by atoms with van der Waals surface area (Å²) < 4.78 is 0. The van der Waals surface area contributed by atoms with Gasteiger partial charge in [-0.15, -0.1) is 0 Å². The molecule has 0 unspecified atom stereocenters. The Morgan fingerprint density at radius 1 is 0.792 bits per heavy atom. The highest BCUT2D eigenvalue weighted by Crippen LogP contribution is 2.32. The second-order valence-electron chi connectivity index (χ2n) is 8.14. The monoisotopic (exact) mass is 320 g/mol. The van der Waals surface area contributed by atoms with Crippen LogP contribution < -0.4 is 0 Å². The molecule has 0 aliphatic heterocycles. The van der Waals surface area contributed by atoms with Gasteiger partial charge in [0.15, 0.2) is 0 Å². The average molecular weight is 321 g/mol. The summed E-state index contributed by atoms with van der Waals surface area (Å²) in [5, 5.41) is 0. The van der Waals surface area contributed by atoms with E-state index in [1.54, 1.807) is 0 Å². The summed E-state index contributed by atoms with van der Waals surface area (Å²) in [6.45, 7) is 11.4. The Bertz CT molecular complexity index is 698. The minimum Gasteiger partial charge on any atom is -0.0625 e. The van der Waals surface area contributed by atoms with E-state index in [4.69, 9.17) is 0 Å². The topological polar surface area (TPSA) is 0 Å². The van der Waals surface area contributed by atoms with Crippen LogP contribution in [0.3, 0.4) is 0 Å². The van der Waals surface area contributed by atoms with Crippen LogP contribution in [0.4, 0.5) is 0 Å². The summed E-state index contributed by atoms with van der Waals surface area (Å²) in [5.74, 6) is 1.84. The lowest BCUT2D eigenvalue weighted by atomic mass is 9.80. The van der Waals surface area contributed by atoms with Gasteiger partial charge < -0.3 is 0 Å². The number of hydrogen-bond donors (Lipinski definition) is 0. The second-order valence-corrected chi connectivity index (χ2v) is 8.14. The molecule has 24 heavy (non-hydrogen) atoms. The molecule has 1 fully saturated rings. The molecule has 2 aromatic rings. The van der Waals surface area contributed by atoms with Gasteiger partial charge in [0.1, 0.15) is 0 Å². The third kappa shape index (κ3) is 3.58. The predicted molar refractivity (Wildman–Crippen MR) is 106 cm³/mol. The van der Waals surface area contributed by atoms with Crippen molar-refractivity contribution in [3.8, 4) is 11.1 Å². The molecule has 0 atom stereocenters. The lowest BCUT2D eigenvalue weighted by molar-refractivity contribution is 0.289. The normalized spacial score (nSPS) is 21.0. The second kappa shape index (κ2) is 7.13. The van der Waals surface area contributed by atoms with Gasteiger partial charge in [-0.2, -0.15) is 0 Å². The Morgan fingerprint density at radius 2 is 1.42 bits per heavy atom. The molecule has 128 valence electrons. The highest BCUT2D eigenvalue weighted by molar-refractivity contribution is 5.70. The van der Waals surface area contributed by atoms with E-state index < -0.39 is 0 Å². The number of aryl methyl sites for hydroxylation is 1. The van der Waals surface area contributed by atoms with E-state index in [2.05, 4.69) is 65.0 Å². The van der Waals surface area contributed by atoms with Crippen LogP contribution in [-0.2, 0) is 6.42 Å². The number of rotatable bonds is 3. The molecule has 0 N–H and O–H groups in total. The minimum atomic E-state index is 0.901. The van der Waals surface area contributed by atoms with E-state index in [9.17, 15) is 0 Å². The smallest absolute Gasteiger partial charge is 0.0149 e. The van der Waals surface area contributed by atoms with Crippen LogP contribution in [0.5, 0.6) is 0 Å². The fraction of sp³-hybridized carbons (Fsp3) is 0.500. The molecule has 1 aliphatic carbocycles. The van der Waals surface area contributed by atoms with Crippen LogP contribution in [0.25, 0.3) is 11.1 Å². The van der Waals surface area contributed by atoms with Crippen molar-refractivity contribution in [1.82, 2.24) is 0 Å². The molecule has 0 heteroatoms. The van der Waals surface area contributed by atoms with Gasteiger partial charge in [0.05, 0.1) is 0 Å². The molecule has 0 nitrogen and oxygen atoms in total. The summed E-state index contributed by atoms with van der Waals surface area (Å²) in [4.78, 5) is 0. The van der Waals surface area contributed by atoms with Gasteiger partial charge in [0.2, 0.25) is 0 Å². The highest BCUT2D eigenvalue weighted by atomic mass is 14.2. The standard InChI is InChI=1S/C24H32/c1-16-6-8-21(9-7-16)15-22-10-12-23(13-11-22)24-14-17(2)18(3)19(4)20(24)5/h10-14,16,21H,6-9,15H2,1-5H3. The molecular weight excluding hydrogens is 288 g/mol. The lowest BCUT2D eigenvalue weighted by Crippen LogP contribution is -2.14. The summed E-state index contributed by atoms with van der Waals surface area (Å²) >= 11 is 0. The predicted octanol–water partition coefficient (Wildman–Crippen LogP) is 6.96. The molecule has 0 amide bonds. The lowest BCUT2D eigenvalue weighted by Gasteiger charge is -2.26. The fourth-order valence-electron chi connectivity index (χ4n) is 4.20. The fourth-order valence-corrected chi connectivity index (χ4v) is 4.20. The van der Waals surface area contributed by atoms with Crippen LogP contribution in [0.15, 0.2) is 30.3 Å². The van der Waals surface area contributed by atoms with Crippen molar-refractivity contribution in [1.29, 1.82) is 0 Å². The zero-order chi connectivity index (χ0) is 17.3. The van der Waals surface area contributed by atoms with Crippen LogP contribution in [0.2, 0.25) is 0 Å². The first-order valence-corrected chi connectivity index (χ1v) is 9.62. The van der Waals surface area contributed by atoms with Gasteiger partial charge in [0, 0.05) is 0 Å². The number of benzene rings is 2. The van der Waals surface area contributed by atoms with Gasteiger partial charge in [0.25, 0.3) is 0 Å². The van der Waals surface area contributed by atoms with Crippen LogP contribution >= 0.6 is 0 Å². The van der Waals surface area contributed by atoms with Gasteiger partial charge in [-0.25, -0.2) is 0 Å². The average Bonchev–Trinajstić information content (AvgIpc) is 2.59. The van der Waals surface area contributed by atoms with Crippen molar-refractivity contribution in [3.05, 3.63) is 58.1 Å². The van der Waals surface area contributed by atoms with Crippen molar-refractivity contribution >= 4 is 0 Å². The SMILES string of the molecule is Cc1cc(-c2ccc(CC3CCC(C)CC3)cc2)c(C)c(C)c1C. The zero-order valence-electron chi connectivity index (χ0n) is 16.1. The van der Waals surface area contributed by atoms with E-state index in [1.165, 1.54) is 71.0 Å². The van der Waals surface area contributed by atoms with Crippen LogP contribution in [-0.4, -0.2) is 0 Å². The van der Waals surface area contributed by atoms with Crippen LogP contribution in [0, 0.1) is 39.5 Å². The van der Waals surface area contributed by atoms with Crippen molar-refractivity contribution in [3.63, 3.8) is 0 Å². The first kappa shape index (κ1) is 17.3. The zero-order valence-corrected chi connectivity index (χ0v) is 16.1. The maximum absolute atomic E-state index is 2.40. The van der Waals surface area contributed by atoms with Crippen molar-refractivity contribution in [2.24, 2.45) is 11.8 Å². The van der Waals surface area contributed by atoms with Gasteiger partial charge in [-0.3, -0.25) is 0 Å². The Hall–Kier alpha value is -1.56. The number of hydrogen-bond acceptors (Lipinski definition) is 0. The molecule has 2 aromatic carbocycles. The van der Waals surface area contributed by atoms with Gasteiger partial charge >= 0.3 is 0 Å². The minimum absolute atomic E-state index is 0.901. The molecule has 1 saturated carbocycles. The quantitative estimate of drug-likeness (QED) is 0.573. The first-order chi connectivity index (χ1) is 11.5. The van der Waals surface area contributed by atoms with Crippen LogP contribution in [0.1, 0.15) is 60.4 Å². The molecule has 0 heterocycles. The summed E-state index contributed by atoms with van der Waals surface area (Å²) in [5.41, 5.74) is 9.95. The Morgan fingerprint density at radius 3 is 2.04 bits per heavy atom. The summed E-state index contributed by atoms with van der Waals surface area (Å²) in [6.07, 6.45) is 6.93. The van der Waals surface area contributed by atoms with E-state index in [0.29, 0.717) is 0 Å². The Kier molecular flexibility index (Phi) is 5.13. The van der Waals surface area contributed by atoms with E-state index >= 15 is 0 Å². The van der Waals surface area contributed by atoms with Crippen molar-refractivity contribution in [2.75, 3.05) is 0 Å². The van der Waals surface area contributed by atoms with E-state index in [-0.39, 0.29) is 0 Å². The van der Waals surface area contributed by atoms with Gasteiger partial charge in [-0.1, -0.05) is 50.1 Å². The molecule has 0 saturated heterocycles. The first-order valence-electron chi connectivity index (χ1n) is 9.62.